The third-order valence-electron chi connectivity index (χ3n) is 6.43. The molecule has 2 heterocycles. The van der Waals surface area contributed by atoms with Crippen molar-refractivity contribution in [2.24, 2.45) is 5.92 Å². The zero-order valence-electron chi connectivity index (χ0n) is 19.6. The maximum absolute atomic E-state index is 13.3. The summed E-state index contributed by atoms with van der Waals surface area (Å²) in [6.45, 7) is 8.30. The third kappa shape index (κ3) is 5.78. The van der Waals surface area contributed by atoms with Crippen LogP contribution < -0.4 is 20.3 Å². The van der Waals surface area contributed by atoms with Gasteiger partial charge in [0.1, 0.15) is 5.75 Å². The van der Waals surface area contributed by atoms with Crippen LogP contribution in [0.1, 0.15) is 49.9 Å². The van der Waals surface area contributed by atoms with E-state index in [0.717, 1.165) is 63.3 Å². The highest BCUT2D eigenvalue weighted by molar-refractivity contribution is 6.04. The molecule has 7 nitrogen and oxygen atoms in total. The molecule has 2 fully saturated rings. The Kier molecular flexibility index (Phi) is 7.37. The number of benzene rings is 2. The number of hydrogen-bond acceptors (Lipinski definition) is 4. The fourth-order valence-electron chi connectivity index (χ4n) is 4.50. The zero-order chi connectivity index (χ0) is 23.2. The first-order valence-corrected chi connectivity index (χ1v) is 12.0. The van der Waals surface area contributed by atoms with E-state index in [1.807, 2.05) is 42.2 Å². The van der Waals surface area contributed by atoms with Crippen LogP contribution in [0.4, 0.5) is 21.9 Å². The molecule has 2 aromatic rings. The van der Waals surface area contributed by atoms with Crippen molar-refractivity contribution in [3.63, 3.8) is 0 Å². The number of ether oxygens (including phenoxy) is 1. The van der Waals surface area contributed by atoms with Crippen LogP contribution in [-0.4, -0.2) is 49.6 Å². The first kappa shape index (κ1) is 23.0. The number of likely N-dealkylation sites (tertiary alicyclic amines) is 1. The van der Waals surface area contributed by atoms with Crippen LogP contribution in [-0.2, 0) is 0 Å². The minimum Gasteiger partial charge on any atom is -0.494 e. The number of carbonyl (C=O) groups is 2. The molecule has 2 aromatic carbocycles. The summed E-state index contributed by atoms with van der Waals surface area (Å²) >= 11 is 0. The van der Waals surface area contributed by atoms with Crippen molar-refractivity contribution in [1.82, 2.24) is 4.90 Å². The molecule has 2 aliphatic heterocycles. The Hall–Kier alpha value is -3.22. The molecule has 0 radical (unpaired) electrons. The summed E-state index contributed by atoms with van der Waals surface area (Å²) in [5, 5.41) is 5.72. The van der Waals surface area contributed by atoms with E-state index in [0.29, 0.717) is 29.5 Å². The van der Waals surface area contributed by atoms with Crippen LogP contribution in [0.25, 0.3) is 0 Å². The Labute approximate surface area is 196 Å². The largest absolute Gasteiger partial charge is 0.494 e. The molecule has 176 valence electrons. The van der Waals surface area contributed by atoms with Crippen molar-refractivity contribution in [1.29, 1.82) is 0 Å². The molecular weight excluding hydrogens is 416 g/mol. The van der Waals surface area contributed by atoms with Gasteiger partial charge in [-0.2, -0.15) is 0 Å². The van der Waals surface area contributed by atoms with Crippen LogP contribution >= 0.6 is 0 Å². The van der Waals surface area contributed by atoms with Gasteiger partial charge in [-0.25, -0.2) is 4.79 Å². The van der Waals surface area contributed by atoms with Crippen molar-refractivity contribution in [3.8, 4) is 5.75 Å². The second-order valence-corrected chi connectivity index (χ2v) is 8.94. The maximum Gasteiger partial charge on any atom is 0.323 e. The van der Waals surface area contributed by atoms with Gasteiger partial charge in [-0.3, -0.25) is 4.79 Å². The second kappa shape index (κ2) is 10.6. The highest BCUT2D eigenvalue weighted by atomic mass is 16.5. The van der Waals surface area contributed by atoms with Gasteiger partial charge < -0.3 is 25.2 Å². The van der Waals surface area contributed by atoms with Gasteiger partial charge in [0.25, 0.3) is 5.91 Å². The fourth-order valence-corrected chi connectivity index (χ4v) is 4.50. The first-order chi connectivity index (χ1) is 16.0. The van der Waals surface area contributed by atoms with E-state index < -0.39 is 0 Å². The Bertz CT molecular complexity index is 962. The van der Waals surface area contributed by atoms with E-state index in [9.17, 15) is 9.59 Å². The van der Waals surface area contributed by atoms with Crippen LogP contribution in [0.15, 0.2) is 42.5 Å². The molecule has 0 saturated carbocycles. The minimum atomic E-state index is -0.349. The highest BCUT2D eigenvalue weighted by Crippen LogP contribution is 2.30. The van der Waals surface area contributed by atoms with Crippen LogP contribution in [0.2, 0.25) is 0 Å². The number of urea groups is 1. The molecule has 0 bridgehead atoms. The molecule has 0 unspecified atom stereocenters. The van der Waals surface area contributed by atoms with Gasteiger partial charge in [0.05, 0.1) is 12.2 Å². The van der Waals surface area contributed by atoms with E-state index >= 15 is 0 Å². The van der Waals surface area contributed by atoms with Crippen molar-refractivity contribution in [3.05, 3.63) is 48.0 Å². The Balaban J connectivity index is 1.50. The second-order valence-electron chi connectivity index (χ2n) is 8.94. The summed E-state index contributed by atoms with van der Waals surface area (Å²) in [5.41, 5.74) is 2.92. The molecule has 0 aliphatic carbocycles. The molecule has 0 atom stereocenters. The number of piperidine rings is 1. The molecule has 3 amide bonds. The fraction of sp³-hybridized carbons (Fsp3) is 0.462. The molecule has 2 N–H and O–H groups in total. The SMILES string of the molecule is CCOc1ccc(NC(=O)Nc2ccc(N3CCC(C)CC3)c(C(=O)N3CCCC3)c2)cc1. The maximum atomic E-state index is 13.3. The number of amides is 3. The highest BCUT2D eigenvalue weighted by Gasteiger charge is 2.26. The molecule has 2 saturated heterocycles. The predicted octanol–water partition coefficient (Wildman–Crippen LogP) is 5.20. The van der Waals surface area contributed by atoms with Gasteiger partial charge in [0.15, 0.2) is 0 Å². The Morgan fingerprint density at radius 2 is 1.58 bits per heavy atom. The normalized spacial score (nSPS) is 16.5. The van der Waals surface area contributed by atoms with Crippen LogP contribution in [0, 0.1) is 5.92 Å². The standard InChI is InChI=1S/C26H34N4O3/c1-3-33-22-9-6-20(7-10-22)27-26(32)28-21-8-11-24(29-16-12-19(2)13-17-29)23(18-21)25(31)30-14-4-5-15-30/h6-11,18-19H,3-5,12-17H2,1-2H3,(H2,27,28,32). The number of rotatable bonds is 6. The van der Waals surface area contributed by atoms with Gasteiger partial charge in [-0.05, 0) is 81.0 Å². The van der Waals surface area contributed by atoms with Crippen molar-refractivity contribution >= 4 is 29.0 Å². The lowest BCUT2D eigenvalue weighted by atomic mass is 9.97. The Morgan fingerprint density at radius 3 is 2.24 bits per heavy atom. The summed E-state index contributed by atoms with van der Waals surface area (Å²) in [6, 6.07) is 12.6. The van der Waals surface area contributed by atoms with E-state index in [1.54, 1.807) is 12.1 Å². The summed E-state index contributed by atoms with van der Waals surface area (Å²) in [4.78, 5) is 30.2. The molecule has 0 spiro atoms. The number of nitrogens with zero attached hydrogens (tertiary/aromatic N) is 2. The van der Waals surface area contributed by atoms with Crippen molar-refractivity contribution < 1.29 is 14.3 Å². The van der Waals surface area contributed by atoms with Gasteiger partial charge in [-0.15, -0.1) is 0 Å². The summed E-state index contributed by atoms with van der Waals surface area (Å²) in [7, 11) is 0. The Morgan fingerprint density at radius 1 is 0.939 bits per heavy atom. The smallest absolute Gasteiger partial charge is 0.323 e. The lowest BCUT2D eigenvalue weighted by molar-refractivity contribution is 0.0793. The number of nitrogens with one attached hydrogen (secondary N) is 2. The number of hydrogen-bond donors (Lipinski definition) is 2. The lowest BCUT2D eigenvalue weighted by Crippen LogP contribution is -2.35. The average molecular weight is 451 g/mol. The lowest BCUT2D eigenvalue weighted by Gasteiger charge is -2.34. The van der Waals surface area contributed by atoms with E-state index in [1.165, 1.54) is 0 Å². The molecule has 2 aliphatic rings. The van der Waals surface area contributed by atoms with Crippen molar-refractivity contribution in [2.45, 2.75) is 39.5 Å². The van der Waals surface area contributed by atoms with Crippen molar-refractivity contribution in [2.75, 3.05) is 48.3 Å². The number of carbonyl (C=O) groups excluding carboxylic acids is 2. The molecule has 33 heavy (non-hydrogen) atoms. The van der Waals surface area contributed by atoms with E-state index in [-0.39, 0.29) is 11.9 Å². The predicted molar refractivity (Wildman–Crippen MR) is 132 cm³/mol. The first-order valence-electron chi connectivity index (χ1n) is 12.0. The summed E-state index contributed by atoms with van der Waals surface area (Å²) < 4.78 is 5.44. The zero-order valence-corrected chi connectivity index (χ0v) is 19.6. The van der Waals surface area contributed by atoms with E-state index in [2.05, 4.69) is 22.5 Å². The summed E-state index contributed by atoms with van der Waals surface area (Å²) in [5.74, 6) is 1.53. The van der Waals surface area contributed by atoms with Gasteiger partial charge in [0, 0.05) is 43.2 Å². The monoisotopic (exact) mass is 450 g/mol. The summed E-state index contributed by atoms with van der Waals surface area (Å²) in [6.07, 6.45) is 4.35. The van der Waals surface area contributed by atoms with E-state index in [4.69, 9.17) is 4.74 Å². The van der Waals surface area contributed by atoms with Gasteiger partial charge in [-0.1, -0.05) is 6.92 Å². The van der Waals surface area contributed by atoms with Gasteiger partial charge in [0.2, 0.25) is 0 Å². The molecule has 4 rings (SSSR count). The average Bonchev–Trinajstić information content (AvgIpc) is 3.36. The third-order valence-corrected chi connectivity index (χ3v) is 6.43. The molecular formula is C26H34N4O3. The molecule has 7 heteroatoms. The van der Waals surface area contributed by atoms with Crippen LogP contribution in [0.5, 0.6) is 5.75 Å². The van der Waals surface area contributed by atoms with Gasteiger partial charge >= 0.3 is 6.03 Å². The van der Waals surface area contributed by atoms with Crippen LogP contribution in [0.3, 0.4) is 0 Å². The number of anilines is 3. The molecule has 0 aromatic heterocycles. The quantitative estimate of drug-likeness (QED) is 0.634. The minimum absolute atomic E-state index is 0.0525. The topological polar surface area (TPSA) is 73.9 Å².